The molecule has 0 radical (unpaired) electrons. The summed E-state index contributed by atoms with van der Waals surface area (Å²) in [5.74, 6) is 0.0420. The molecule has 1 aromatic rings. The molecule has 1 aliphatic heterocycles. The molecule has 21 heavy (non-hydrogen) atoms. The van der Waals surface area contributed by atoms with Crippen LogP contribution in [-0.2, 0) is 16.6 Å². The number of hydrogen-bond acceptors (Lipinski definition) is 3. The van der Waals surface area contributed by atoms with Gasteiger partial charge in [-0.1, -0.05) is 13.0 Å². The molecule has 1 heterocycles. The molecule has 1 aromatic carbocycles. The first-order valence-corrected chi connectivity index (χ1v) is 9.05. The minimum atomic E-state index is -3.10. The molecule has 2 atom stereocenters. The lowest BCUT2D eigenvalue weighted by molar-refractivity contribution is 0.220. The third-order valence-corrected chi connectivity index (χ3v) is 5.47. The molecule has 118 valence electrons. The van der Waals surface area contributed by atoms with Crippen molar-refractivity contribution in [2.24, 2.45) is 5.92 Å². The maximum atomic E-state index is 13.1. The van der Waals surface area contributed by atoms with Crippen LogP contribution in [0.15, 0.2) is 18.2 Å². The fourth-order valence-corrected chi connectivity index (χ4v) is 3.75. The smallest absolute Gasteiger partial charge is 0.211 e. The number of rotatable bonds is 4. The molecule has 1 N–H and O–H groups in total. The molecule has 1 saturated heterocycles. The molecule has 0 spiro atoms. The van der Waals surface area contributed by atoms with E-state index >= 15 is 0 Å². The fourth-order valence-electron chi connectivity index (χ4n) is 2.81. The number of sulfonamides is 1. The molecule has 0 bridgehead atoms. The highest BCUT2D eigenvalue weighted by molar-refractivity contribution is 7.88. The van der Waals surface area contributed by atoms with Crippen LogP contribution in [0.3, 0.4) is 0 Å². The number of aryl methyl sites for hydroxylation is 1. The van der Waals surface area contributed by atoms with Gasteiger partial charge in [0.25, 0.3) is 0 Å². The summed E-state index contributed by atoms with van der Waals surface area (Å²) in [6, 6.07) is 5.09. The summed E-state index contributed by atoms with van der Waals surface area (Å²) < 4.78 is 37.7. The average Bonchev–Trinajstić information content (AvgIpc) is 2.38. The topological polar surface area (TPSA) is 49.4 Å². The van der Waals surface area contributed by atoms with Crippen molar-refractivity contribution >= 4 is 10.0 Å². The highest BCUT2D eigenvalue weighted by Crippen LogP contribution is 2.20. The van der Waals surface area contributed by atoms with Crippen molar-refractivity contribution in [3.05, 3.63) is 35.1 Å². The van der Waals surface area contributed by atoms with Gasteiger partial charge in [-0.05, 0) is 42.5 Å². The van der Waals surface area contributed by atoms with Gasteiger partial charge in [0, 0.05) is 25.7 Å². The number of hydrogen-bond donors (Lipinski definition) is 1. The highest BCUT2D eigenvalue weighted by atomic mass is 32.2. The average molecular weight is 314 g/mol. The largest absolute Gasteiger partial charge is 0.310 e. The van der Waals surface area contributed by atoms with Gasteiger partial charge >= 0.3 is 0 Å². The minimum Gasteiger partial charge on any atom is -0.310 e. The van der Waals surface area contributed by atoms with Gasteiger partial charge in [0.1, 0.15) is 5.82 Å². The molecule has 0 unspecified atom stereocenters. The maximum Gasteiger partial charge on any atom is 0.211 e. The lowest BCUT2D eigenvalue weighted by atomic mass is 9.95. The molecule has 1 aliphatic rings. The second-order valence-corrected chi connectivity index (χ2v) is 7.93. The standard InChI is InChI=1S/C15H23FN2O2S/c1-11-8-14(16)5-4-13(11)9-17-15-6-7-18(10-12(15)2)21(3,19)20/h4-5,8,12,15,17H,6-7,9-10H2,1-3H3/t12-,15-/m0/s1. The molecule has 0 saturated carbocycles. The van der Waals surface area contributed by atoms with Crippen LogP contribution in [0.25, 0.3) is 0 Å². The summed E-state index contributed by atoms with van der Waals surface area (Å²) in [4.78, 5) is 0. The second-order valence-electron chi connectivity index (χ2n) is 5.95. The summed E-state index contributed by atoms with van der Waals surface area (Å²) in [5.41, 5.74) is 2.01. The molecule has 0 aromatic heterocycles. The van der Waals surface area contributed by atoms with Gasteiger partial charge < -0.3 is 5.32 Å². The third kappa shape index (κ3) is 4.25. The predicted molar refractivity (Wildman–Crippen MR) is 82.0 cm³/mol. The molecular weight excluding hydrogens is 291 g/mol. The van der Waals surface area contributed by atoms with E-state index in [0.717, 1.165) is 17.5 Å². The van der Waals surface area contributed by atoms with Gasteiger partial charge in [-0.3, -0.25) is 0 Å². The van der Waals surface area contributed by atoms with E-state index in [1.54, 1.807) is 10.4 Å². The van der Waals surface area contributed by atoms with Crippen molar-refractivity contribution in [1.82, 2.24) is 9.62 Å². The van der Waals surface area contributed by atoms with Crippen molar-refractivity contribution in [2.45, 2.75) is 32.9 Å². The molecular formula is C15H23FN2O2S. The van der Waals surface area contributed by atoms with Crippen LogP contribution >= 0.6 is 0 Å². The summed E-state index contributed by atoms with van der Waals surface area (Å²) in [7, 11) is -3.10. The van der Waals surface area contributed by atoms with Crippen molar-refractivity contribution in [3.63, 3.8) is 0 Å². The number of halogens is 1. The second kappa shape index (κ2) is 6.42. The Bertz CT molecular complexity index is 604. The fraction of sp³-hybridized carbons (Fsp3) is 0.600. The van der Waals surface area contributed by atoms with Crippen LogP contribution in [0.1, 0.15) is 24.5 Å². The Morgan fingerprint density at radius 1 is 1.43 bits per heavy atom. The molecule has 4 nitrogen and oxygen atoms in total. The number of nitrogens with zero attached hydrogens (tertiary/aromatic N) is 1. The van der Waals surface area contributed by atoms with Gasteiger partial charge in [-0.2, -0.15) is 0 Å². The van der Waals surface area contributed by atoms with Crippen LogP contribution in [0.2, 0.25) is 0 Å². The summed E-state index contributed by atoms with van der Waals surface area (Å²) in [5, 5.41) is 3.48. The Hall–Kier alpha value is -0.980. The minimum absolute atomic E-state index is 0.217. The Balaban J connectivity index is 1.93. The van der Waals surface area contributed by atoms with E-state index in [0.29, 0.717) is 19.6 Å². The van der Waals surface area contributed by atoms with Crippen molar-refractivity contribution < 1.29 is 12.8 Å². The van der Waals surface area contributed by atoms with E-state index in [-0.39, 0.29) is 17.8 Å². The highest BCUT2D eigenvalue weighted by Gasteiger charge is 2.30. The van der Waals surface area contributed by atoms with E-state index in [2.05, 4.69) is 12.2 Å². The molecule has 2 rings (SSSR count). The Labute approximate surface area is 126 Å². The van der Waals surface area contributed by atoms with Crippen LogP contribution in [-0.4, -0.2) is 38.1 Å². The van der Waals surface area contributed by atoms with Gasteiger partial charge in [-0.15, -0.1) is 0 Å². The zero-order valence-corrected chi connectivity index (χ0v) is 13.6. The lowest BCUT2D eigenvalue weighted by Crippen LogP contribution is -2.49. The first kappa shape index (κ1) is 16.4. The zero-order chi connectivity index (χ0) is 15.6. The quantitative estimate of drug-likeness (QED) is 0.923. The molecule has 0 aliphatic carbocycles. The van der Waals surface area contributed by atoms with Gasteiger partial charge in [0.05, 0.1) is 6.26 Å². The van der Waals surface area contributed by atoms with E-state index < -0.39 is 10.0 Å². The first-order chi connectivity index (χ1) is 9.77. The van der Waals surface area contributed by atoms with Crippen LogP contribution in [0.5, 0.6) is 0 Å². The monoisotopic (exact) mass is 314 g/mol. The van der Waals surface area contributed by atoms with Crippen LogP contribution in [0.4, 0.5) is 4.39 Å². The summed E-state index contributed by atoms with van der Waals surface area (Å²) >= 11 is 0. The van der Waals surface area contributed by atoms with Crippen molar-refractivity contribution in [2.75, 3.05) is 19.3 Å². The van der Waals surface area contributed by atoms with E-state index in [1.165, 1.54) is 18.4 Å². The lowest BCUT2D eigenvalue weighted by Gasteiger charge is -2.36. The molecule has 1 fully saturated rings. The molecule has 6 heteroatoms. The number of piperidine rings is 1. The normalized spacial score (nSPS) is 24.2. The predicted octanol–water partition coefficient (Wildman–Crippen LogP) is 1.89. The first-order valence-electron chi connectivity index (χ1n) is 7.21. The van der Waals surface area contributed by atoms with Crippen LogP contribution < -0.4 is 5.32 Å². The van der Waals surface area contributed by atoms with Crippen LogP contribution in [0, 0.1) is 18.7 Å². The molecule has 0 amide bonds. The van der Waals surface area contributed by atoms with E-state index in [1.807, 2.05) is 6.92 Å². The van der Waals surface area contributed by atoms with Gasteiger partial charge in [0.15, 0.2) is 0 Å². The van der Waals surface area contributed by atoms with Gasteiger partial charge in [0.2, 0.25) is 10.0 Å². The Kier molecular flexibility index (Phi) is 5.01. The SMILES string of the molecule is Cc1cc(F)ccc1CN[C@H]1CCN(S(C)(=O)=O)C[C@@H]1C. The zero-order valence-electron chi connectivity index (χ0n) is 12.8. The van der Waals surface area contributed by atoms with Crippen molar-refractivity contribution in [1.29, 1.82) is 0 Å². The summed E-state index contributed by atoms with van der Waals surface area (Å²) in [6.07, 6.45) is 2.06. The third-order valence-electron chi connectivity index (χ3n) is 4.20. The Morgan fingerprint density at radius 2 is 2.14 bits per heavy atom. The Morgan fingerprint density at radius 3 is 2.71 bits per heavy atom. The van der Waals surface area contributed by atoms with E-state index in [9.17, 15) is 12.8 Å². The number of benzene rings is 1. The number of nitrogens with one attached hydrogen (secondary N) is 1. The van der Waals surface area contributed by atoms with E-state index in [4.69, 9.17) is 0 Å². The maximum absolute atomic E-state index is 13.1. The van der Waals surface area contributed by atoms with Gasteiger partial charge in [-0.25, -0.2) is 17.1 Å². The van der Waals surface area contributed by atoms with Crippen molar-refractivity contribution in [3.8, 4) is 0 Å². The summed E-state index contributed by atoms with van der Waals surface area (Å²) in [6.45, 7) is 5.75.